The van der Waals surface area contributed by atoms with Crippen molar-refractivity contribution >= 4 is 17.7 Å². The molecule has 1 aromatic carbocycles. The highest BCUT2D eigenvalue weighted by Gasteiger charge is 2.50. The number of carbonyl (C=O) groups excluding carboxylic acids is 3. The first kappa shape index (κ1) is 19.1. The summed E-state index contributed by atoms with van der Waals surface area (Å²) in [7, 11) is 0. The molecule has 1 aromatic heterocycles. The van der Waals surface area contributed by atoms with Crippen LogP contribution in [0.2, 0.25) is 0 Å². The van der Waals surface area contributed by atoms with E-state index in [0.29, 0.717) is 11.1 Å². The Hall–Kier alpha value is -3.21. The predicted octanol–water partition coefficient (Wildman–Crippen LogP) is -1.01. The number of hydrogen-bond acceptors (Lipinski definition) is 8. The van der Waals surface area contributed by atoms with E-state index in [9.17, 15) is 24.6 Å². The minimum absolute atomic E-state index is 0.210. The van der Waals surface area contributed by atoms with Crippen LogP contribution in [-0.2, 0) is 4.74 Å². The van der Waals surface area contributed by atoms with E-state index >= 15 is 0 Å². The van der Waals surface area contributed by atoms with Gasteiger partial charge in [0, 0.05) is 0 Å². The Morgan fingerprint density at radius 1 is 1.21 bits per heavy atom. The third-order valence-electron chi connectivity index (χ3n) is 5.09. The lowest BCUT2D eigenvalue weighted by Gasteiger charge is -2.27. The third-order valence-corrected chi connectivity index (χ3v) is 5.09. The molecule has 150 valence electrons. The fraction of sp³-hybridized carbons (Fsp3) is 0.316. The van der Waals surface area contributed by atoms with Crippen LogP contribution in [0.25, 0.3) is 0 Å². The first-order valence-electron chi connectivity index (χ1n) is 8.93. The summed E-state index contributed by atoms with van der Waals surface area (Å²) in [6, 6.07) is 7.89. The van der Waals surface area contributed by atoms with Gasteiger partial charge < -0.3 is 20.3 Å². The Labute approximate surface area is 165 Å². The smallest absolute Gasteiger partial charge is 0.261 e. The summed E-state index contributed by atoms with van der Waals surface area (Å²) in [5.41, 5.74) is -0.934. The Kier molecular flexibility index (Phi) is 4.82. The van der Waals surface area contributed by atoms with E-state index < -0.39 is 35.5 Å². The summed E-state index contributed by atoms with van der Waals surface area (Å²) in [5.74, 6) is -1.45. The van der Waals surface area contributed by atoms with Gasteiger partial charge in [-0.1, -0.05) is 12.1 Å². The molecule has 3 amide bonds. The molecule has 4 rings (SSSR count). The van der Waals surface area contributed by atoms with Crippen LogP contribution in [0.4, 0.5) is 0 Å². The molecule has 1 saturated heterocycles. The number of ether oxygens (including phenoxy) is 1. The topological polar surface area (TPSA) is 142 Å². The average molecular weight is 398 g/mol. The van der Waals surface area contributed by atoms with Crippen molar-refractivity contribution in [1.29, 1.82) is 0 Å². The standard InChI is InChI=1S/C19H18N4O6/c24-15-14(8-23-17(26)12-3-1-2-4-13(12)18(23)27)29-10-19(15,28)9-20-16(25)11-5-6-21-22-7-11/h1-7,14-15,24,28H,8-10H2,(H,20,25)/t14-,15-,19+/m1/s1. The van der Waals surface area contributed by atoms with E-state index in [1.54, 1.807) is 24.3 Å². The molecule has 0 unspecified atom stereocenters. The van der Waals surface area contributed by atoms with Crippen molar-refractivity contribution in [2.75, 3.05) is 19.7 Å². The van der Waals surface area contributed by atoms with Gasteiger partial charge in [0.15, 0.2) is 0 Å². The van der Waals surface area contributed by atoms with Gasteiger partial charge in [-0.15, -0.1) is 0 Å². The summed E-state index contributed by atoms with van der Waals surface area (Å²) in [5, 5.41) is 30.9. The van der Waals surface area contributed by atoms with Gasteiger partial charge in [-0.25, -0.2) is 0 Å². The molecule has 10 heteroatoms. The third kappa shape index (κ3) is 3.37. The van der Waals surface area contributed by atoms with Gasteiger partial charge in [-0.2, -0.15) is 10.2 Å². The molecule has 0 bridgehead atoms. The number of fused-ring (bicyclic) bond motifs is 1. The van der Waals surface area contributed by atoms with E-state index in [1.165, 1.54) is 18.5 Å². The van der Waals surface area contributed by atoms with Crippen molar-refractivity contribution in [3.05, 3.63) is 59.4 Å². The Bertz CT molecular complexity index is 933. The molecule has 0 radical (unpaired) electrons. The maximum atomic E-state index is 12.5. The van der Waals surface area contributed by atoms with Crippen LogP contribution in [0.1, 0.15) is 31.1 Å². The molecule has 0 aliphatic carbocycles. The van der Waals surface area contributed by atoms with Crippen LogP contribution in [0.5, 0.6) is 0 Å². The number of imide groups is 1. The van der Waals surface area contributed by atoms with Gasteiger partial charge in [0.2, 0.25) is 0 Å². The minimum Gasteiger partial charge on any atom is -0.387 e. The molecule has 2 aliphatic rings. The van der Waals surface area contributed by atoms with E-state index in [4.69, 9.17) is 4.74 Å². The SMILES string of the molecule is O=C(NC[C@]1(O)CO[C@H](CN2C(=O)c3ccccc3C2=O)[C@H]1O)c1ccnnc1. The van der Waals surface area contributed by atoms with Crippen molar-refractivity contribution in [2.24, 2.45) is 0 Å². The van der Waals surface area contributed by atoms with Gasteiger partial charge in [0.05, 0.1) is 48.8 Å². The highest BCUT2D eigenvalue weighted by atomic mass is 16.5. The van der Waals surface area contributed by atoms with Crippen molar-refractivity contribution < 1.29 is 29.3 Å². The molecule has 0 spiro atoms. The van der Waals surface area contributed by atoms with Gasteiger partial charge in [-0.05, 0) is 18.2 Å². The molecular formula is C19H18N4O6. The van der Waals surface area contributed by atoms with Crippen molar-refractivity contribution in [3.63, 3.8) is 0 Å². The molecule has 10 nitrogen and oxygen atoms in total. The summed E-state index contributed by atoms with van der Waals surface area (Å²) < 4.78 is 5.46. The Balaban J connectivity index is 1.40. The van der Waals surface area contributed by atoms with Crippen LogP contribution in [0, 0.1) is 0 Å². The predicted molar refractivity (Wildman–Crippen MR) is 96.9 cm³/mol. The number of aromatic nitrogens is 2. The number of amides is 3. The first-order chi connectivity index (χ1) is 13.9. The maximum Gasteiger partial charge on any atom is 0.261 e. The second-order valence-corrected chi connectivity index (χ2v) is 6.98. The van der Waals surface area contributed by atoms with Crippen molar-refractivity contribution in [3.8, 4) is 0 Å². The zero-order chi connectivity index (χ0) is 20.6. The van der Waals surface area contributed by atoms with E-state index in [2.05, 4.69) is 15.5 Å². The van der Waals surface area contributed by atoms with Gasteiger partial charge in [0.1, 0.15) is 17.8 Å². The van der Waals surface area contributed by atoms with Crippen molar-refractivity contribution in [1.82, 2.24) is 20.4 Å². The normalized spacial score (nSPS) is 25.9. The quantitative estimate of drug-likeness (QED) is 0.544. The summed E-state index contributed by atoms with van der Waals surface area (Å²) in [6.07, 6.45) is 0.228. The fourth-order valence-corrected chi connectivity index (χ4v) is 3.43. The summed E-state index contributed by atoms with van der Waals surface area (Å²) >= 11 is 0. The Morgan fingerprint density at radius 3 is 2.52 bits per heavy atom. The molecule has 2 aliphatic heterocycles. The summed E-state index contributed by atoms with van der Waals surface area (Å²) in [4.78, 5) is 38.0. The van der Waals surface area contributed by atoms with Crippen LogP contribution in [0.15, 0.2) is 42.7 Å². The highest BCUT2D eigenvalue weighted by molar-refractivity contribution is 6.21. The lowest BCUT2D eigenvalue weighted by molar-refractivity contribution is -0.0484. The molecule has 29 heavy (non-hydrogen) atoms. The minimum atomic E-state index is -1.76. The van der Waals surface area contributed by atoms with E-state index in [0.717, 1.165) is 4.90 Å². The fourth-order valence-electron chi connectivity index (χ4n) is 3.43. The van der Waals surface area contributed by atoms with Crippen LogP contribution < -0.4 is 5.32 Å². The van der Waals surface area contributed by atoms with Crippen LogP contribution >= 0.6 is 0 Å². The lowest BCUT2D eigenvalue weighted by Crippen LogP contribution is -2.54. The average Bonchev–Trinajstić information content (AvgIpc) is 3.16. The molecule has 3 N–H and O–H groups in total. The Morgan fingerprint density at radius 2 is 1.90 bits per heavy atom. The number of benzene rings is 1. The number of aliphatic hydroxyl groups excluding tert-OH is 1. The zero-order valence-electron chi connectivity index (χ0n) is 15.2. The molecule has 1 fully saturated rings. The summed E-state index contributed by atoms with van der Waals surface area (Å²) in [6.45, 7) is -0.761. The number of nitrogens with zero attached hydrogens (tertiary/aromatic N) is 3. The highest BCUT2D eigenvalue weighted by Crippen LogP contribution is 2.28. The number of rotatable bonds is 5. The molecule has 0 saturated carbocycles. The number of aliphatic hydroxyl groups is 2. The molecule has 3 atom stereocenters. The van der Waals surface area contributed by atoms with Gasteiger partial charge >= 0.3 is 0 Å². The van der Waals surface area contributed by atoms with E-state index in [-0.39, 0.29) is 25.3 Å². The molecule has 3 heterocycles. The van der Waals surface area contributed by atoms with Gasteiger partial charge in [-0.3, -0.25) is 19.3 Å². The number of hydrogen-bond donors (Lipinski definition) is 3. The van der Waals surface area contributed by atoms with Crippen molar-refractivity contribution in [2.45, 2.75) is 17.8 Å². The number of nitrogens with one attached hydrogen (secondary N) is 1. The molecule has 2 aromatic rings. The monoisotopic (exact) mass is 398 g/mol. The largest absolute Gasteiger partial charge is 0.387 e. The second kappa shape index (κ2) is 7.32. The maximum absolute atomic E-state index is 12.5. The zero-order valence-corrected chi connectivity index (χ0v) is 15.2. The van der Waals surface area contributed by atoms with Gasteiger partial charge in [0.25, 0.3) is 17.7 Å². The lowest BCUT2D eigenvalue weighted by atomic mass is 9.96. The second-order valence-electron chi connectivity index (χ2n) is 6.98. The van der Waals surface area contributed by atoms with Crippen LogP contribution in [0.3, 0.4) is 0 Å². The van der Waals surface area contributed by atoms with Crippen LogP contribution in [-0.4, -0.2) is 80.5 Å². The first-order valence-corrected chi connectivity index (χ1v) is 8.93. The molecular weight excluding hydrogens is 380 g/mol. The van der Waals surface area contributed by atoms with E-state index in [1.807, 2.05) is 0 Å². The number of carbonyl (C=O) groups is 3.